The van der Waals surface area contributed by atoms with Crippen molar-refractivity contribution < 1.29 is 22.4 Å². The van der Waals surface area contributed by atoms with Gasteiger partial charge in [-0.1, -0.05) is 23.7 Å². The van der Waals surface area contributed by atoms with Gasteiger partial charge in [-0.15, -0.1) is 0 Å². The average molecular weight is 398 g/mol. The van der Waals surface area contributed by atoms with E-state index >= 15 is 0 Å². The van der Waals surface area contributed by atoms with Gasteiger partial charge in [0, 0.05) is 28.4 Å². The third-order valence-electron chi connectivity index (χ3n) is 3.72. The molecular weight excluding hydrogens is 386 g/mol. The zero-order valence-corrected chi connectivity index (χ0v) is 14.4. The van der Waals surface area contributed by atoms with Gasteiger partial charge in [0.05, 0.1) is 12.1 Å². The van der Waals surface area contributed by atoms with Crippen molar-refractivity contribution in [1.29, 1.82) is 0 Å². The first-order valence-electron chi connectivity index (χ1n) is 7.69. The fraction of sp³-hybridized carbons (Fsp3) is 0.111. The number of halogens is 5. The van der Waals surface area contributed by atoms with E-state index in [1.807, 2.05) is 0 Å². The molecule has 0 radical (unpaired) electrons. The Balaban J connectivity index is 1.73. The molecule has 0 saturated carbocycles. The van der Waals surface area contributed by atoms with Crippen molar-refractivity contribution in [3.63, 3.8) is 0 Å². The fourth-order valence-corrected chi connectivity index (χ4v) is 2.61. The molecule has 0 aliphatic carbocycles. The molecule has 3 rings (SSSR count). The van der Waals surface area contributed by atoms with E-state index in [4.69, 9.17) is 11.6 Å². The number of alkyl halides is 3. The highest BCUT2D eigenvalue weighted by Crippen LogP contribution is 2.29. The zero-order valence-electron chi connectivity index (χ0n) is 13.6. The Morgan fingerprint density at radius 1 is 1.15 bits per heavy atom. The number of anilines is 1. The van der Waals surface area contributed by atoms with Crippen LogP contribution in [0.15, 0.2) is 54.7 Å². The van der Waals surface area contributed by atoms with Crippen LogP contribution in [0.4, 0.5) is 23.4 Å². The van der Waals surface area contributed by atoms with E-state index in [2.05, 4.69) is 10.4 Å². The predicted molar refractivity (Wildman–Crippen MR) is 92.1 cm³/mol. The molecule has 0 unspecified atom stereocenters. The molecule has 27 heavy (non-hydrogen) atoms. The van der Waals surface area contributed by atoms with Crippen molar-refractivity contribution in [2.75, 3.05) is 5.32 Å². The molecule has 9 heteroatoms. The maximum Gasteiger partial charge on any atom is 0.416 e. The highest BCUT2D eigenvalue weighted by atomic mass is 35.5. The standard InChI is InChI=1S/C18H12ClF4N3O/c19-14-5-2-6-15(20)13(14)10-26-8-7-16(25-26)24-17(27)11-3-1-4-12(9-11)18(21,22)23/h1-9H,10H2,(H,24,25,27). The Kier molecular flexibility index (Phi) is 5.18. The van der Waals surface area contributed by atoms with E-state index in [0.717, 1.165) is 18.2 Å². The number of amides is 1. The fourth-order valence-electron chi connectivity index (χ4n) is 2.39. The highest BCUT2D eigenvalue weighted by Gasteiger charge is 2.30. The molecule has 0 aliphatic rings. The zero-order chi connectivity index (χ0) is 19.6. The number of aromatic nitrogens is 2. The summed E-state index contributed by atoms with van der Waals surface area (Å²) >= 11 is 5.96. The van der Waals surface area contributed by atoms with Crippen LogP contribution in [0, 0.1) is 5.82 Å². The molecule has 1 aromatic heterocycles. The molecule has 0 bridgehead atoms. The molecule has 0 aliphatic heterocycles. The molecule has 1 N–H and O–H groups in total. The maximum atomic E-state index is 13.8. The summed E-state index contributed by atoms with van der Waals surface area (Å²) in [6.45, 7) is 0.0327. The summed E-state index contributed by atoms with van der Waals surface area (Å²) in [5, 5.41) is 6.71. The van der Waals surface area contributed by atoms with E-state index < -0.39 is 23.5 Å². The van der Waals surface area contributed by atoms with Crippen LogP contribution in [0.3, 0.4) is 0 Å². The molecular formula is C18H12ClF4N3O. The Bertz CT molecular complexity index is 964. The summed E-state index contributed by atoms with van der Waals surface area (Å²) < 4.78 is 53.4. The van der Waals surface area contributed by atoms with Crippen molar-refractivity contribution in [2.45, 2.75) is 12.7 Å². The number of nitrogens with one attached hydrogen (secondary N) is 1. The Morgan fingerprint density at radius 2 is 1.89 bits per heavy atom. The highest BCUT2D eigenvalue weighted by molar-refractivity contribution is 6.31. The molecule has 0 fully saturated rings. The van der Waals surface area contributed by atoms with Crippen LogP contribution >= 0.6 is 11.6 Å². The molecule has 0 spiro atoms. The normalized spacial score (nSPS) is 11.4. The SMILES string of the molecule is O=C(Nc1ccn(Cc2c(F)cccc2Cl)n1)c1cccc(C(F)(F)F)c1. The van der Waals surface area contributed by atoms with Gasteiger partial charge in [0.25, 0.3) is 5.91 Å². The minimum absolute atomic E-state index is 0.0327. The average Bonchev–Trinajstić information content (AvgIpc) is 3.05. The first-order chi connectivity index (χ1) is 12.7. The summed E-state index contributed by atoms with van der Waals surface area (Å²) in [5.41, 5.74) is -0.843. The van der Waals surface area contributed by atoms with Crippen molar-refractivity contribution in [1.82, 2.24) is 9.78 Å². The third kappa shape index (κ3) is 4.46. The molecule has 2 aromatic carbocycles. The first kappa shape index (κ1) is 18.9. The van der Waals surface area contributed by atoms with E-state index in [1.54, 1.807) is 6.07 Å². The number of hydrogen-bond acceptors (Lipinski definition) is 2. The van der Waals surface area contributed by atoms with Gasteiger partial charge >= 0.3 is 6.18 Å². The molecule has 1 heterocycles. The van der Waals surface area contributed by atoms with Crippen LogP contribution in [0.5, 0.6) is 0 Å². The number of nitrogens with zero attached hydrogens (tertiary/aromatic N) is 2. The number of benzene rings is 2. The van der Waals surface area contributed by atoms with Crippen molar-refractivity contribution >= 4 is 23.3 Å². The predicted octanol–water partition coefficient (Wildman–Crippen LogP) is 5.00. The van der Waals surface area contributed by atoms with E-state index in [0.29, 0.717) is 0 Å². The van der Waals surface area contributed by atoms with Crippen LogP contribution in [0.25, 0.3) is 0 Å². The van der Waals surface area contributed by atoms with Crippen molar-refractivity contribution in [3.05, 3.63) is 82.3 Å². The van der Waals surface area contributed by atoms with Gasteiger partial charge in [-0.2, -0.15) is 18.3 Å². The monoisotopic (exact) mass is 397 g/mol. The Hall–Kier alpha value is -2.87. The van der Waals surface area contributed by atoms with Gasteiger partial charge in [-0.25, -0.2) is 4.39 Å². The van der Waals surface area contributed by atoms with Gasteiger partial charge in [-0.05, 0) is 30.3 Å². The second kappa shape index (κ2) is 7.40. The van der Waals surface area contributed by atoms with Gasteiger partial charge in [-0.3, -0.25) is 9.48 Å². The number of rotatable bonds is 4. The summed E-state index contributed by atoms with van der Waals surface area (Å²) in [6, 6.07) is 9.78. The largest absolute Gasteiger partial charge is 0.416 e. The minimum atomic E-state index is -4.54. The van der Waals surface area contributed by atoms with Crippen LogP contribution in [0.2, 0.25) is 5.02 Å². The van der Waals surface area contributed by atoms with Gasteiger partial charge in [0.15, 0.2) is 5.82 Å². The lowest BCUT2D eigenvalue weighted by atomic mass is 10.1. The van der Waals surface area contributed by atoms with Crippen LogP contribution < -0.4 is 5.32 Å². The topological polar surface area (TPSA) is 46.9 Å². The number of carbonyl (C=O) groups excluding carboxylic acids is 1. The third-order valence-corrected chi connectivity index (χ3v) is 4.07. The molecule has 0 atom stereocenters. The van der Waals surface area contributed by atoms with Crippen LogP contribution in [-0.4, -0.2) is 15.7 Å². The summed E-state index contributed by atoms with van der Waals surface area (Å²) in [6.07, 6.45) is -3.05. The molecule has 1 amide bonds. The van der Waals surface area contributed by atoms with Crippen LogP contribution in [0.1, 0.15) is 21.5 Å². The lowest BCUT2D eigenvalue weighted by molar-refractivity contribution is -0.137. The van der Waals surface area contributed by atoms with Crippen molar-refractivity contribution in [2.24, 2.45) is 0 Å². The minimum Gasteiger partial charge on any atom is -0.305 e. The van der Waals surface area contributed by atoms with Crippen LogP contribution in [-0.2, 0) is 12.7 Å². The molecule has 4 nitrogen and oxygen atoms in total. The Morgan fingerprint density at radius 3 is 2.59 bits per heavy atom. The van der Waals surface area contributed by atoms with E-state index in [-0.39, 0.29) is 28.5 Å². The number of carbonyl (C=O) groups is 1. The smallest absolute Gasteiger partial charge is 0.305 e. The van der Waals surface area contributed by atoms with Gasteiger partial charge in [0.2, 0.25) is 0 Å². The second-order valence-corrected chi connectivity index (χ2v) is 6.04. The molecule has 3 aromatic rings. The quantitative estimate of drug-likeness (QED) is 0.630. The molecule has 0 saturated heterocycles. The van der Waals surface area contributed by atoms with Gasteiger partial charge in [0.1, 0.15) is 5.82 Å². The maximum absolute atomic E-state index is 13.8. The summed E-state index contributed by atoms with van der Waals surface area (Å²) in [7, 11) is 0. The summed E-state index contributed by atoms with van der Waals surface area (Å²) in [5.74, 6) is -1.12. The number of hydrogen-bond donors (Lipinski definition) is 1. The van der Waals surface area contributed by atoms with Crippen molar-refractivity contribution in [3.8, 4) is 0 Å². The van der Waals surface area contributed by atoms with E-state index in [1.165, 1.54) is 35.1 Å². The Labute approximate surface area is 156 Å². The van der Waals surface area contributed by atoms with E-state index in [9.17, 15) is 22.4 Å². The molecule has 140 valence electrons. The van der Waals surface area contributed by atoms with Gasteiger partial charge < -0.3 is 5.32 Å². The lowest BCUT2D eigenvalue weighted by Crippen LogP contribution is -2.14. The first-order valence-corrected chi connectivity index (χ1v) is 8.07. The summed E-state index contributed by atoms with van der Waals surface area (Å²) in [4.78, 5) is 12.2. The second-order valence-electron chi connectivity index (χ2n) is 5.63. The lowest BCUT2D eigenvalue weighted by Gasteiger charge is -2.08.